The van der Waals surface area contributed by atoms with Crippen LogP contribution in [0.3, 0.4) is 0 Å². The first-order valence-electron chi connectivity index (χ1n) is 4.51. The number of halogens is 1. The zero-order valence-electron chi connectivity index (χ0n) is 8.18. The minimum absolute atomic E-state index is 0.133. The quantitative estimate of drug-likeness (QED) is 0.761. The van der Waals surface area contributed by atoms with Crippen LogP contribution in [0.2, 0.25) is 0 Å². The number of hydrogen-bond acceptors (Lipinski definition) is 1. The summed E-state index contributed by atoms with van der Waals surface area (Å²) in [5.41, 5.74) is 6.34. The van der Waals surface area contributed by atoms with E-state index in [1.807, 2.05) is 19.9 Å². The number of hydrogen-bond donors (Lipinski definition) is 1. The van der Waals surface area contributed by atoms with E-state index in [1.165, 1.54) is 6.07 Å². The number of rotatable bonds is 3. The molecule has 0 fully saturated rings. The Kier molecular flexibility index (Phi) is 3.04. The molecule has 0 unspecified atom stereocenters. The highest BCUT2D eigenvalue weighted by Crippen LogP contribution is 2.13. The van der Waals surface area contributed by atoms with Crippen LogP contribution >= 0.6 is 0 Å². The van der Waals surface area contributed by atoms with Crippen LogP contribution in [-0.2, 0) is 6.42 Å². The molecule has 1 aromatic carbocycles. The fourth-order valence-corrected chi connectivity index (χ4v) is 1.16. The topological polar surface area (TPSA) is 26.0 Å². The molecule has 72 valence electrons. The van der Waals surface area contributed by atoms with E-state index in [1.54, 1.807) is 12.1 Å². The van der Waals surface area contributed by atoms with E-state index >= 15 is 0 Å². The Morgan fingerprint density at radius 3 is 2.46 bits per heavy atom. The van der Waals surface area contributed by atoms with Gasteiger partial charge in [0.25, 0.3) is 0 Å². The second kappa shape index (κ2) is 3.88. The van der Waals surface area contributed by atoms with Gasteiger partial charge in [-0.15, -0.1) is 0 Å². The highest BCUT2D eigenvalue weighted by atomic mass is 19.1. The number of aryl methyl sites for hydroxylation is 1. The zero-order chi connectivity index (χ0) is 9.90. The lowest BCUT2D eigenvalue weighted by atomic mass is 9.96. The van der Waals surface area contributed by atoms with E-state index in [-0.39, 0.29) is 11.4 Å². The van der Waals surface area contributed by atoms with Crippen molar-refractivity contribution in [3.05, 3.63) is 35.6 Å². The van der Waals surface area contributed by atoms with Crippen molar-refractivity contribution >= 4 is 0 Å². The molecule has 2 heteroatoms. The first-order chi connectivity index (χ1) is 5.99. The van der Waals surface area contributed by atoms with Gasteiger partial charge in [0.05, 0.1) is 0 Å². The molecule has 0 bridgehead atoms. The van der Waals surface area contributed by atoms with Crippen molar-refractivity contribution in [3.8, 4) is 0 Å². The molecule has 1 nitrogen and oxygen atoms in total. The van der Waals surface area contributed by atoms with Crippen molar-refractivity contribution in [2.24, 2.45) is 5.73 Å². The third-order valence-electron chi connectivity index (χ3n) is 2.00. The largest absolute Gasteiger partial charge is 0.326 e. The molecule has 0 saturated carbocycles. The van der Waals surface area contributed by atoms with Crippen LogP contribution in [0.1, 0.15) is 25.8 Å². The first kappa shape index (κ1) is 10.2. The Morgan fingerprint density at radius 1 is 1.31 bits per heavy atom. The third-order valence-corrected chi connectivity index (χ3v) is 2.00. The smallest absolute Gasteiger partial charge is 0.126 e. The molecule has 0 amide bonds. The molecule has 0 spiro atoms. The van der Waals surface area contributed by atoms with Crippen LogP contribution in [-0.4, -0.2) is 5.54 Å². The van der Waals surface area contributed by atoms with Crippen LogP contribution in [0, 0.1) is 5.82 Å². The fraction of sp³-hybridized carbons (Fsp3) is 0.455. The van der Waals surface area contributed by atoms with Gasteiger partial charge in [0.15, 0.2) is 0 Å². The van der Waals surface area contributed by atoms with Gasteiger partial charge in [-0.3, -0.25) is 0 Å². The van der Waals surface area contributed by atoms with Gasteiger partial charge in [0.1, 0.15) is 5.82 Å². The number of benzene rings is 1. The average molecular weight is 181 g/mol. The molecular weight excluding hydrogens is 165 g/mol. The van der Waals surface area contributed by atoms with E-state index < -0.39 is 0 Å². The van der Waals surface area contributed by atoms with Crippen LogP contribution in [0.4, 0.5) is 4.39 Å². The summed E-state index contributed by atoms with van der Waals surface area (Å²) in [5.74, 6) is -0.133. The van der Waals surface area contributed by atoms with Crippen molar-refractivity contribution < 1.29 is 4.39 Å². The summed E-state index contributed by atoms with van der Waals surface area (Å²) < 4.78 is 13.1. The highest BCUT2D eigenvalue weighted by Gasteiger charge is 2.11. The Balaban J connectivity index is 2.60. The van der Waals surface area contributed by atoms with E-state index in [4.69, 9.17) is 5.73 Å². The second-order valence-corrected chi connectivity index (χ2v) is 4.08. The predicted octanol–water partition coefficient (Wildman–Crippen LogP) is 2.50. The summed E-state index contributed by atoms with van der Waals surface area (Å²) in [5, 5.41) is 0. The van der Waals surface area contributed by atoms with Crippen molar-refractivity contribution in [1.29, 1.82) is 0 Å². The summed E-state index contributed by atoms with van der Waals surface area (Å²) in [6, 6.07) is 6.84. The Bertz CT molecular complexity index is 276. The molecule has 2 N–H and O–H groups in total. The van der Waals surface area contributed by atoms with Crippen LogP contribution < -0.4 is 5.73 Å². The third kappa shape index (κ3) is 3.55. The fourth-order valence-electron chi connectivity index (χ4n) is 1.16. The van der Waals surface area contributed by atoms with E-state index in [2.05, 4.69) is 0 Å². The predicted molar refractivity (Wildman–Crippen MR) is 53.0 cm³/mol. The van der Waals surface area contributed by atoms with Gasteiger partial charge >= 0.3 is 0 Å². The lowest BCUT2D eigenvalue weighted by Gasteiger charge is -2.18. The maximum absolute atomic E-state index is 13.1. The van der Waals surface area contributed by atoms with Crippen LogP contribution in [0.15, 0.2) is 24.3 Å². The summed E-state index contributed by atoms with van der Waals surface area (Å²) >= 11 is 0. The summed E-state index contributed by atoms with van der Waals surface area (Å²) in [6.07, 6.45) is 1.50. The highest BCUT2D eigenvalue weighted by molar-refractivity contribution is 5.17. The Hall–Kier alpha value is -0.890. The minimum Gasteiger partial charge on any atom is -0.326 e. The van der Waals surface area contributed by atoms with Crippen molar-refractivity contribution in [1.82, 2.24) is 0 Å². The molecule has 0 aliphatic carbocycles. The van der Waals surface area contributed by atoms with Gasteiger partial charge in [-0.1, -0.05) is 18.2 Å². The lowest BCUT2D eigenvalue weighted by Crippen LogP contribution is -2.32. The van der Waals surface area contributed by atoms with Gasteiger partial charge < -0.3 is 5.73 Å². The second-order valence-electron chi connectivity index (χ2n) is 4.08. The first-order valence-corrected chi connectivity index (χ1v) is 4.51. The molecule has 0 atom stereocenters. The molecule has 0 aromatic heterocycles. The molecular formula is C11H16FN. The van der Waals surface area contributed by atoms with Crippen LogP contribution in [0.25, 0.3) is 0 Å². The minimum atomic E-state index is -0.220. The standard InChI is InChI=1S/C11H16FN/c1-11(2,13)8-7-9-5-3-4-6-10(9)12/h3-6H,7-8,13H2,1-2H3. The lowest BCUT2D eigenvalue weighted by molar-refractivity contribution is 0.470. The monoisotopic (exact) mass is 181 g/mol. The van der Waals surface area contributed by atoms with Crippen molar-refractivity contribution in [2.45, 2.75) is 32.2 Å². The van der Waals surface area contributed by atoms with Crippen molar-refractivity contribution in [3.63, 3.8) is 0 Å². The number of nitrogens with two attached hydrogens (primary N) is 1. The summed E-state index contributed by atoms with van der Waals surface area (Å²) in [7, 11) is 0. The maximum atomic E-state index is 13.1. The molecule has 0 aliphatic rings. The van der Waals surface area contributed by atoms with E-state index in [9.17, 15) is 4.39 Å². The van der Waals surface area contributed by atoms with Gasteiger partial charge in [-0.05, 0) is 38.3 Å². The normalized spacial score (nSPS) is 11.7. The molecule has 1 aromatic rings. The Labute approximate surface area is 78.8 Å². The molecule has 0 heterocycles. The molecule has 1 rings (SSSR count). The average Bonchev–Trinajstić information content (AvgIpc) is 2.01. The van der Waals surface area contributed by atoms with Gasteiger partial charge in [-0.25, -0.2) is 4.39 Å². The van der Waals surface area contributed by atoms with Gasteiger partial charge in [0, 0.05) is 5.54 Å². The molecule has 13 heavy (non-hydrogen) atoms. The summed E-state index contributed by atoms with van der Waals surface area (Å²) in [4.78, 5) is 0. The van der Waals surface area contributed by atoms with Crippen molar-refractivity contribution in [2.75, 3.05) is 0 Å². The van der Waals surface area contributed by atoms with Crippen LogP contribution in [0.5, 0.6) is 0 Å². The maximum Gasteiger partial charge on any atom is 0.126 e. The molecule has 0 aliphatic heterocycles. The SMILES string of the molecule is CC(C)(N)CCc1ccccc1F. The van der Waals surface area contributed by atoms with E-state index in [0.29, 0.717) is 6.42 Å². The summed E-state index contributed by atoms with van der Waals surface area (Å²) in [6.45, 7) is 3.90. The van der Waals surface area contributed by atoms with Gasteiger partial charge in [-0.2, -0.15) is 0 Å². The van der Waals surface area contributed by atoms with Gasteiger partial charge in [0.2, 0.25) is 0 Å². The molecule has 0 saturated heterocycles. The van der Waals surface area contributed by atoms with E-state index in [0.717, 1.165) is 12.0 Å². The molecule has 0 radical (unpaired) electrons. The Morgan fingerprint density at radius 2 is 1.92 bits per heavy atom. The zero-order valence-corrected chi connectivity index (χ0v) is 8.18.